The number of benzene rings is 2. The van der Waals surface area contributed by atoms with Crippen LogP contribution in [0.15, 0.2) is 36.4 Å². The highest BCUT2D eigenvalue weighted by Crippen LogP contribution is 2.24. The third kappa shape index (κ3) is 3.42. The summed E-state index contributed by atoms with van der Waals surface area (Å²) in [6.07, 6.45) is 1.59. The summed E-state index contributed by atoms with van der Waals surface area (Å²) in [4.78, 5) is 12.3. The van der Waals surface area contributed by atoms with Crippen LogP contribution >= 0.6 is 11.6 Å². The van der Waals surface area contributed by atoms with E-state index >= 15 is 0 Å². The van der Waals surface area contributed by atoms with Gasteiger partial charge in [-0.05, 0) is 42.2 Å². The second kappa shape index (κ2) is 6.72. The second-order valence-corrected chi connectivity index (χ2v) is 5.17. The first-order valence-electron chi connectivity index (χ1n) is 6.94. The average Bonchev–Trinajstić information content (AvgIpc) is 2.49. The Balaban J connectivity index is 2.38. The van der Waals surface area contributed by atoms with E-state index in [4.69, 9.17) is 11.6 Å². The third-order valence-electron chi connectivity index (χ3n) is 3.41. The van der Waals surface area contributed by atoms with Crippen molar-refractivity contribution in [1.29, 1.82) is 0 Å². The summed E-state index contributed by atoms with van der Waals surface area (Å²) in [7, 11) is 0. The molecule has 2 rings (SSSR count). The number of rotatable bonds is 4. The quantitative estimate of drug-likeness (QED) is 0.859. The van der Waals surface area contributed by atoms with Crippen LogP contribution in [-0.4, -0.2) is 5.91 Å². The van der Waals surface area contributed by atoms with Gasteiger partial charge in [0.1, 0.15) is 5.82 Å². The first-order valence-corrected chi connectivity index (χ1v) is 7.31. The highest BCUT2D eigenvalue weighted by atomic mass is 35.5. The van der Waals surface area contributed by atoms with Gasteiger partial charge in [-0.1, -0.05) is 43.6 Å². The van der Waals surface area contributed by atoms with Gasteiger partial charge in [-0.3, -0.25) is 4.79 Å². The summed E-state index contributed by atoms with van der Waals surface area (Å²) < 4.78 is 13.8. The van der Waals surface area contributed by atoms with Crippen LogP contribution in [-0.2, 0) is 12.8 Å². The molecule has 0 bridgehead atoms. The predicted molar refractivity (Wildman–Crippen MR) is 84.6 cm³/mol. The molecule has 0 atom stereocenters. The molecule has 2 aromatic rings. The van der Waals surface area contributed by atoms with Crippen LogP contribution in [0.3, 0.4) is 0 Å². The molecule has 0 heterocycles. The zero-order chi connectivity index (χ0) is 15.4. The Hall–Kier alpha value is -1.87. The summed E-state index contributed by atoms with van der Waals surface area (Å²) in [5, 5.41) is 3.16. The number of anilines is 1. The molecule has 1 amide bonds. The molecule has 1 N–H and O–H groups in total. The third-order valence-corrected chi connectivity index (χ3v) is 3.65. The molecular formula is C17H17ClFNO. The Morgan fingerprint density at radius 1 is 1.14 bits per heavy atom. The Kier molecular flexibility index (Phi) is 4.97. The number of halogens is 2. The van der Waals surface area contributed by atoms with Crippen LogP contribution in [0, 0.1) is 5.82 Å². The number of hydrogen-bond acceptors (Lipinski definition) is 1. The molecule has 0 aromatic heterocycles. The second-order valence-electron chi connectivity index (χ2n) is 4.74. The zero-order valence-corrected chi connectivity index (χ0v) is 12.8. The molecule has 0 unspecified atom stereocenters. The van der Waals surface area contributed by atoms with E-state index in [1.54, 1.807) is 0 Å². The molecule has 4 heteroatoms. The minimum atomic E-state index is -0.580. The van der Waals surface area contributed by atoms with E-state index in [-0.39, 0.29) is 5.56 Å². The molecule has 0 spiro atoms. The monoisotopic (exact) mass is 305 g/mol. The van der Waals surface area contributed by atoms with Gasteiger partial charge >= 0.3 is 0 Å². The van der Waals surface area contributed by atoms with Gasteiger partial charge in [0, 0.05) is 10.7 Å². The van der Waals surface area contributed by atoms with Crippen LogP contribution < -0.4 is 5.32 Å². The van der Waals surface area contributed by atoms with E-state index in [0.29, 0.717) is 5.02 Å². The maximum atomic E-state index is 13.8. The van der Waals surface area contributed by atoms with E-state index in [2.05, 4.69) is 5.32 Å². The number of amides is 1. The van der Waals surface area contributed by atoms with E-state index in [1.807, 2.05) is 32.0 Å². The van der Waals surface area contributed by atoms with E-state index in [9.17, 15) is 9.18 Å². The van der Waals surface area contributed by atoms with Gasteiger partial charge in [0.15, 0.2) is 0 Å². The summed E-state index contributed by atoms with van der Waals surface area (Å²) in [6, 6.07) is 9.85. The number of aryl methyl sites for hydroxylation is 2. The summed E-state index contributed by atoms with van der Waals surface area (Å²) >= 11 is 5.83. The smallest absolute Gasteiger partial charge is 0.258 e. The molecule has 2 nitrogen and oxygen atoms in total. The Morgan fingerprint density at radius 2 is 1.76 bits per heavy atom. The molecule has 0 aliphatic heterocycles. The van der Waals surface area contributed by atoms with Crippen molar-refractivity contribution in [3.8, 4) is 0 Å². The minimum absolute atomic E-state index is 0.0459. The maximum absolute atomic E-state index is 13.8. The van der Waals surface area contributed by atoms with Crippen molar-refractivity contribution in [3.05, 3.63) is 63.9 Å². The minimum Gasteiger partial charge on any atom is -0.321 e. The molecule has 0 fully saturated rings. The van der Waals surface area contributed by atoms with Crippen molar-refractivity contribution in [2.24, 2.45) is 0 Å². The molecule has 0 radical (unpaired) electrons. The van der Waals surface area contributed by atoms with Gasteiger partial charge in [0.25, 0.3) is 5.91 Å². The number of para-hydroxylation sites is 1. The van der Waals surface area contributed by atoms with Crippen LogP contribution in [0.25, 0.3) is 0 Å². The van der Waals surface area contributed by atoms with Crippen LogP contribution in [0.5, 0.6) is 0 Å². The van der Waals surface area contributed by atoms with Crippen molar-refractivity contribution in [1.82, 2.24) is 0 Å². The lowest BCUT2D eigenvalue weighted by Crippen LogP contribution is -2.16. The van der Waals surface area contributed by atoms with Crippen molar-refractivity contribution in [2.75, 3.05) is 5.32 Å². The summed E-state index contributed by atoms with van der Waals surface area (Å²) in [6.45, 7) is 4.04. The van der Waals surface area contributed by atoms with Crippen molar-refractivity contribution in [2.45, 2.75) is 26.7 Å². The first kappa shape index (κ1) is 15.5. The number of hydrogen-bond donors (Lipinski definition) is 1. The summed E-state index contributed by atoms with van der Waals surface area (Å²) in [5.74, 6) is -1.06. The number of carbonyl (C=O) groups is 1. The largest absolute Gasteiger partial charge is 0.321 e. The van der Waals surface area contributed by atoms with Gasteiger partial charge in [0.05, 0.1) is 5.56 Å². The zero-order valence-electron chi connectivity index (χ0n) is 12.0. The lowest BCUT2D eigenvalue weighted by Gasteiger charge is -2.14. The Bertz CT molecular complexity index is 648. The molecule has 2 aromatic carbocycles. The molecule has 21 heavy (non-hydrogen) atoms. The number of carbonyl (C=O) groups excluding carboxylic acids is 1. The maximum Gasteiger partial charge on any atom is 0.258 e. The topological polar surface area (TPSA) is 29.1 Å². The van der Waals surface area contributed by atoms with Crippen LogP contribution in [0.1, 0.15) is 35.3 Å². The van der Waals surface area contributed by atoms with Crippen LogP contribution in [0.4, 0.5) is 10.1 Å². The molecule has 0 aliphatic carbocycles. The lowest BCUT2D eigenvalue weighted by atomic mass is 10.0. The standard InChI is InChI=1S/C17H17ClFNO/c1-3-11-6-5-7-12(4-2)16(11)20-17(21)14-10-13(18)8-9-15(14)19/h5-10H,3-4H2,1-2H3,(H,20,21). The molecule has 0 saturated carbocycles. The fraction of sp³-hybridized carbons (Fsp3) is 0.235. The molecule has 0 saturated heterocycles. The van der Waals surface area contributed by atoms with Gasteiger partial charge in [-0.25, -0.2) is 4.39 Å². The van der Waals surface area contributed by atoms with Crippen molar-refractivity contribution >= 4 is 23.2 Å². The molecule has 110 valence electrons. The van der Waals surface area contributed by atoms with Crippen molar-refractivity contribution in [3.63, 3.8) is 0 Å². The average molecular weight is 306 g/mol. The Labute approximate surface area is 128 Å². The molecular weight excluding hydrogens is 289 g/mol. The normalized spacial score (nSPS) is 10.5. The fourth-order valence-corrected chi connectivity index (χ4v) is 2.43. The van der Waals surface area contributed by atoms with E-state index < -0.39 is 11.7 Å². The summed E-state index contributed by atoms with van der Waals surface area (Å²) in [5.41, 5.74) is 2.79. The van der Waals surface area contributed by atoms with E-state index in [1.165, 1.54) is 18.2 Å². The number of nitrogens with one attached hydrogen (secondary N) is 1. The predicted octanol–water partition coefficient (Wildman–Crippen LogP) is 4.86. The van der Waals surface area contributed by atoms with Crippen molar-refractivity contribution < 1.29 is 9.18 Å². The highest BCUT2D eigenvalue weighted by molar-refractivity contribution is 6.31. The lowest BCUT2D eigenvalue weighted by molar-refractivity contribution is 0.102. The van der Waals surface area contributed by atoms with E-state index in [0.717, 1.165) is 29.7 Å². The van der Waals surface area contributed by atoms with Gasteiger partial charge < -0.3 is 5.32 Å². The fourth-order valence-electron chi connectivity index (χ4n) is 2.26. The SMILES string of the molecule is CCc1cccc(CC)c1NC(=O)c1cc(Cl)ccc1F. The van der Waals surface area contributed by atoms with Gasteiger partial charge in [-0.2, -0.15) is 0 Å². The van der Waals surface area contributed by atoms with Gasteiger partial charge in [0.2, 0.25) is 0 Å². The molecule has 0 aliphatic rings. The van der Waals surface area contributed by atoms with Gasteiger partial charge in [-0.15, -0.1) is 0 Å². The first-order chi connectivity index (χ1) is 10.1. The van der Waals surface area contributed by atoms with Crippen LogP contribution in [0.2, 0.25) is 5.02 Å². The highest BCUT2D eigenvalue weighted by Gasteiger charge is 2.15. The Morgan fingerprint density at radius 3 is 2.33 bits per heavy atom.